The van der Waals surface area contributed by atoms with Crippen LogP contribution in [0.2, 0.25) is 0 Å². The number of nitrogens with two attached hydrogens (primary N) is 1. The van der Waals surface area contributed by atoms with Gasteiger partial charge in [0, 0.05) is 10.9 Å². The van der Waals surface area contributed by atoms with Crippen molar-refractivity contribution in [2.24, 2.45) is 10.9 Å². The maximum atomic E-state index is 12.2. The number of fused-ring (bicyclic) bond motifs is 1. The fraction of sp³-hybridized carbons (Fsp3) is 0.150. The minimum atomic E-state index is -0.751. The van der Waals surface area contributed by atoms with Crippen molar-refractivity contribution in [1.29, 1.82) is 0 Å². The Bertz CT molecular complexity index is 1010. The number of carbonyl (C=O) groups is 2. The molecular weight excluding hydrogens is 348 g/mol. The van der Waals surface area contributed by atoms with Crippen molar-refractivity contribution in [3.63, 3.8) is 0 Å². The summed E-state index contributed by atoms with van der Waals surface area (Å²) >= 11 is 0. The van der Waals surface area contributed by atoms with Crippen molar-refractivity contribution in [3.05, 3.63) is 70.5 Å². The van der Waals surface area contributed by atoms with Crippen molar-refractivity contribution in [1.82, 2.24) is 0 Å². The van der Waals surface area contributed by atoms with Crippen LogP contribution < -0.4 is 5.73 Å². The first-order valence-electron chi connectivity index (χ1n) is 8.14. The Morgan fingerprint density at radius 2 is 1.59 bits per heavy atom. The molecule has 27 heavy (non-hydrogen) atoms. The van der Waals surface area contributed by atoms with Gasteiger partial charge in [0.1, 0.15) is 5.58 Å². The van der Waals surface area contributed by atoms with E-state index < -0.39 is 11.9 Å². The van der Waals surface area contributed by atoms with Crippen LogP contribution in [0.15, 0.2) is 52.0 Å². The van der Waals surface area contributed by atoms with Gasteiger partial charge in [-0.05, 0) is 43.2 Å². The second-order valence-electron chi connectivity index (χ2n) is 5.98. The number of carbonyl (C=O) groups excluding carboxylic acids is 2. The molecule has 0 aliphatic carbocycles. The van der Waals surface area contributed by atoms with Crippen molar-refractivity contribution in [3.8, 4) is 0 Å². The fourth-order valence-electron chi connectivity index (χ4n) is 2.58. The zero-order valence-corrected chi connectivity index (χ0v) is 15.1. The third-order valence-electron chi connectivity index (χ3n) is 4.13. The van der Waals surface area contributed by atoms with Gasteiger partial charge in [-0.15, -0.1) is 0 Å². The highest BCUT2D eigenvalue weighted by Gasteiger charge is 2.17. The highest BCUT2D eigenvalue weighted by molar-refractivity contribution is 5.99. The summed E-state index contributed by atoms with van der Waals surface area (Å²) in [6.07, 6.45) is 0. The molecule has 0 aliphatic heterocycles. The maximum absolute atomic E-state index is 12.2. The summed E-state index contributed by atoms with van der Waals surface area (Å²) in [5, 5.41) is 4.49. The second kappa shape index (κ2) is 7.33. The molecule has 2 N–H and O–H groups in total. The molecule has 1 aromatic heterocycles. The van der Waals surface area contributed by atoms with E-state index in [9.17, 15) is 9.59 Å². The minimum absolute atomic E-state index is 0.0109. The average Bonchev–Trinajstić information content (AvgIpc) is 3.15. The SMILES string of the molecule is COC(=O)c1ccc(/C(N)=N/OC(=O)c2cc3c(C)ccc(C)c3o2)cc1. The predicted molar refractivity (Wildman–Crippen MR) is 99.6 cm³/mol. The average molecular weight is 366 g/mol. The van der Waals surface area contributed by atoms with E-state index in [4.69, 9.17) is 15.0 Å². The van der Waals surface area contributed by atoms with Gasteiger partial charge in [0.15, 0.2) is 5.84 Å². The van der Waals surface area contributed by atoms with E-state index in [2.05, 4.69) is 9.89 Å². The van der Waals surface area contributed by atoms with E-state index in [-0.39, 0.29) is 11.6 Å². The first kappa shape index (κ1) is 18.2. The van der Waals surface area contributed by atoms with Crippen LogP contribution >= 0.6 is 0 Å². The van der Waals surface area contributed by atoms with Crippen molar-refractivity contribution in [2.75, 3.05) is 7.11 Å². The number of rotatable bonds is 4. The smallest absolute Gasteiger partial charge is 0.400 e. The summed E-state index contributed by atoms with van der Waals surface area (Å²) in [6.45, 7) is 3.83. The second-order valence-corrected chi connectivity index (χ2v) is 5.98. The molecule has 0 atom stereocenters. The van der Waals surface area contributed by atoms with Gasteiger partial charge in [0.2, 0.25) is 5.76 Å². The third-order valence-corrected chi connectivity index (χ3v) is 4.13. The number of ether oxygens (including phenoxy) is 1. The molecule has 2 aromatic carbocycles. The molecule has 7 nitrogen and oxygen atoms in total. The summed E-state index contributed by atoms with van der Waals surface area (Å²) in [4.78, 5) is 28.5. The van der Waals surface area contributed by atoms with E-state index in [0.29, 0.717) is 16.7 Å². The Balaban J connectivity index is 1.77. The van der Waals surface area contributed by atoms with Crippen LogP contribution in [0.3, 0.4) is 0 Å². The van der Waals surface area contributed by atoms with Crippen LogP contribution in [0.4, 0.5) is 0 Å². The molecular formula is C20H18N2O5. The quantitative estimate of drug-likeness (QED) is 0.250. The lowest BCUT2D eigenvalue weighted by Gasteiger charge is -2.02. The standard InChI is InChI=1S/C20H18N2O5/c1-11-4-5-12(2)17-15(11)10-16(26-17)20(24)27-22-18(21)13-6-8-14(9-7-13)19(23)25-3/h4-10H,1-3H3,(H2,21,22). The molecule has 7 heteroatoms. The van der Waals surface area contributed by atoms with Gasteiger partial charge in [-0.2, -0.15) is 0 Å². The summed E-state index contributed by atoms with van der Waals surface area (Å²) in [7, 11) is 1.30. The summed E-state index contributed by atoms with van der Waals surface area (Å²) in [5.74, 6) is -1.18. The molecule has 138 valence electrons. The highest BCUT2D eigenvalue weighted by atomic mass is 16.7. The van der Waals surface area contributed by atoms with Crippen molar-refractivity contribution >= 4 is 28.7 Å². The Kier molecular flexibility index (Phi) is 4.94. The summed E-state index contributed by atoms with van der Waals surface area (Å²) in [6, 6.07) is 11.7. The lowest BCUT2D eigenvalue weighted by Crippen LogP contribution is -2.15. The number of aryl methyl sites for hydroxylation is 2. The zero-order valence-electron chi connectivity index (χ0n) is 15.1. The molecule has 0 amide bonds. The highest BCUT2D eigenvalue weighted by Crippen LogP contribution is 2.26. The molecule has 1 heterocycles. The lowest BCUT2D eigenvalue weighted by atomic mass is 10.1. The van der Waals surface area contributed by atoms with Crippen molar-refractivity contribution < 1.29 is 23.6 Å². The van der Waals surface area contributed by atoms with Gasteiger partial charge in [0.25, 0.3) is 0 Å². The van der Waals surface area contributed by atoms with Gasteiger partial charge in [-0.25, -0.2) is 9.59 Å². The Labute approximate surface area is 155 Å². The fourth-order valence-corrected chi connectivity index (χ4v) is 2.58. The number of hydrogen-bond donors (Lipinski definition) is 1. The van der Waals surface area contributed by atoms with Gasteiger partial charge >= 0.3 is 11.9 Å². The summed E-state index contributed by atoms with van der Waals surface area (Å²) < 4.78 is 10.2. The largest absolute Gasteiger partial charge is 0.465 e. The molecule has 0 unspecified atom stereocenters. The van der Waals surface area contributed by atoms with Crippen LogP contribution in [0.5, 0.6) is 0 Å². The topological polar surface area (TPSA) is 104 Å². The number of nitrogens with zero attached hydrogens (tertiary/aromatic N) is 1. The Hall–Kier alpha value is -3.61. The molecule has 3 aromatic rings. The van der Waals surface area contributed by atoms with E-state index in [1.165, 1.54) is 19.2 Å². The molecule has 0 aliphatic rings. The van der Waals surface area contributed by atoms with Gasteiger partial charge in [-0.1, -0.05) is 29.4 Å². The van der Waals surface area contributed by atoms with Crippen LogP contribution in [-0.2, 0) is 9.57 Å². The van der Waals surface area contributed by atoms with E-state index >= 15 is 0 Å². The zero-order chi connectivity index (χ0) is 19.6. The van der Waals surface area contributed by atoms with Gasteiger partial charge in [-0.3, -0.25) is 0 Å². The molecule has 0 spiro atoms. The normalized spacial score (nSPS) is 11.4. The number of benzene rings is 2. The number of oxime groups is 1. The molecule has 0 radical (unpaired) electrons. The van der Waals surface area contributed by atoms with E-state index in [0.717, 1.165) is 16.5 Å². The van der Waals surface area contributed by atoms with Gasteiger partial charge < -0.3 is 19.7 Å². The number of furan rings is 1. The molecule has 3 rings (SSSR count). The number of esters is 1. The molecule has 0 bridgehead atoms. The van der Waals surface area contributed by atoms with Crippen LogP contribution in [-0.4, -0.2) is 24.9 Å². The Morgan fingerprint density at radius 3 is 2.22 bits per heavy atom. The van der Waals surface area contributed by atoms with Crippen LogP contribution in [0.1, 0.15) is 37.6 Å². The molecule has 0 saturated carbocycles. The molecule has 0 fully saturated rings. The maximum Gasteiger partial charge on any atom is 0.400 e. The first-order valence-corrected chi connectivity index (χ1v) is 8.14. The summed E-state index contributed by atoms with van der Waals surface area (Å²) in [5.41, 5.74) is 9.24. The number of methoxy groups -OCH3 is 1. The minimum Gasteiger partial charge on any atom is -0.465 e. The Morgan fingerprint density at radius 1 is 0.963 bits per heavy atom. The number of hydrogen-bond acceptors (Lipinski definition) is 6. The van der Waals surface area contributed by atoms with Crippen molar-refractivity contribution in [2.45, 2.75) is 13.8 Å². The van der Waals surface area contributed by atoms with Gasteiger partial charge in [0.05, 0.1) is 12.7 Å². The lowest BCUT2D eigenvalue weighted by molar-refractivity contribution is 0.0481. The van der Waals surface area contributed by atoms with Crippen LogP contribution in [0, 0.1) is 13.8 Å². The predicted octanol–water partition coefficient (Wildman–Crippen LogP) is 3.31. The van der Waals surface area contributed by atoms with E-state index in [1.54, 1.807) is 18.2 Å². The first-order chi connectivity index (χ1) is 12.9. The number of amidine groups is 1. The third kappa shape index (κ3) is 3.67. The van der Waals surface area contributed by atoms with E-state index in [1.807, 2.05) is 26.0 Å². The molecule has 0 saturated heterocycles. The van der Waals surface area contributed by atoms with Crippen LogP contribution in [0.25, 0.3) is 11.0 Å². The monoisotopic (exact) mass is 366 g/mol.